The van der Waals surface area contributed by atoms with Gasteiger partial charge in [-0.3, -0.25) is 4.98 Å². The molecule has 1 unspecified atom stereocenters. The monoisotopic (exact) mass is 258 g/mol. The molecule has 0 aliphatic carbocycles. The highest BCUT2D eigenvalue weighted by atomic mass is 79.9. The summed E-state index contributed by atoms with van der Waals surface area (Å²) in [7, 11) is 1.92. The van der Waals surface area contributed by atoms with Crippen LogP contribution < -0.4 is 5.32 Å². The van der Waals surface area contributed by atoms with Gasteiger partial charge in [0.1, 0.15) is 0 Å². The van der Waals surface area contributed by atoms with Crippen LogP contribution in [0.4, 0.5) is 0 Å². The van der Waals surface area contributed by atoms with Gasteiger partial charge in [0.2, 0.25) is 0 Å². The Balaban J connectivity index is 2.68. The lowest BCUT2D eigenvalue weighted by molar-refractivity contribution is 0.125. The van der Waals surface area contributed by atoms with Gasteiger partial charge in [0.05, 0.1) is 12.6 Å². The highest BCUT2D eigenvalue weighted by molar-refractivity contribution is 9.10. The van der Waals surface area contributed by atoms with Gasteiger partial charge in [0.15, 0.2) is 0 Å². The molecule has 0 spiro atoms. The van der Waals surface area contributed by atoms with Gasteiger partial charge in [-0.15, -0.1) is 0 Å². The number of rotatable bonds is 5. The Hall–Kier alpha value is -0.450. The van der Waals surface area contributed by atoms with E-state index >= 15 is 0 Å². The topological polar surface area (TPSA) is 34.1 Å². The van der Waals surface area contributed by atoms with Gasteiger partial charge in [-0.2, -0.15) is 0 Å². The van der Waals surface area contributed by atoms with Crippen molar-refractivity contribution in [3.63, 3.8) is 0 Å². The molecule has 4 heteroatoms. The van der Waals surface area contributed by atoms with Crippen molar-refractivity contribution in [3.05, 3.63) is 28.5 Å². The van der Waals surface area contributed by atoms with Crippen LogP contribution in [0.25, 0.3) is 0 Å². The number of nitrogens with zero attached hydrogens (tertiary/aromatic N) is 1. The van der Waals surface area contributed by atoms with E-state index in [1.807, 2.05) is 26.2 Å². The van der Waals surface area contributed by atoms with Gasteiger partial charge in [0.25, 0.3) is 0 Å². The summed E-state index contributed by atoms with van der Waals surface area (Å²) in [6, 6.07) is 2.26. The normalized spacial score (nSPS) is 12.8. The number of nitrogens with one attached hydrogen (secondary N) is 1. The molecule has 0 saturated carbocycles. The second-order valence-electron chi connectivity index (χ2n) is 2.94. The van der Waals surface area contributed by atoms with Crippen molar-refractivity contribution < 1.29 is 4.74 Å². The van der Waals surface area contributed by atoms with Crippen LogP contribution in [0, 0.1) is 0 Å². The Kier molecular flexibility index (Phi) is 5.07. The molecule has 78 valence electrons. The van der Waals surface area contributed by atoms with E-state index in [2.05, 4.69) is 26.2 Å². The molecule has 0 bridgehead atoms. The smallest absolute Gasteiger partial charge is 0.0661 e. The summed E-state index contributed by atoms with van der Waals surface area (Å²) in [4.78, 5) is 4.12. The largest absolute Gasteiger partial charge is 0.380 e. The summed E-state index contributed by atoms with van der Waals surface area (Å²) in [5.74, 6) is 0. The molecule has 0 amide bonds. The fourth-order valence-electron chi connectivity index (χ4n) is 1.20. The van der Waals surface area contributed by atoms with Crippen molar-refractivity contribution in [1.29, 1.82) is 0 Å². The van der Waals surface area contributed by atoms with E-state index in [0.717, 1.165) is 16.6 Å². The number of likely N-dealkylation sites (N-methyl/N-ethyl adjacent to an activating group) is 1. The van der Waals surface area contributed by atoms with Gasteiger partial charge in [-0.1, -0.05) is 0 Å². The first-order valence-electron chi connectivity index (χ1n) is 4.63. The molecule has 1 N–H and O–H groups in total. The maximum absolute atomic E-state index is 5.38. The van der Waals surface area contributed by atoms with E-state index in [0.29, 0.717) is 6.61 Å². The quantitative estimate of drug-likeness (QED) is 0.879. The van der Waals surface area contributed by atoms with Crippen molar-refractivity contribution in [3.8, 4) is 0 Å². The third-order valence-corrected chi connectivity index (χ3v) is 2.40. The summed E-state index contributed by atoms with van der Waals surface area (Å²) < 4.78 is 6.37. The van der Waals surface area contributed by atoms with Crippen LogP contribution >= 0.6 is 15.9 Å². The highest BCUT2D eigenvalue weighted by Gasteiger charge is 2.09. The molecule has 0 aliphatic rings. The summed E-state index contributed by atoms with van der Waals surface area (Å²) in [5, 5.41) is 3.19. The fourth-order valence-corrected chi connectivity index (χ4v) is 1.58. The number of aromatic nitrogens is 1. The maximum atomic E-state index is 5.38. The van der Waals surface area contributed by atoms with Crippen molar-refractivity contribution in [2.24, 2.45) is 0 Å². The predicted molar refractivity (Wildman–Crippen MR) is 60.2 cm³/mol. The van der Waals surface area contributed by atoms with Crippen LogP contribution in [0.5, 0.6) is 0 Å². The molecule has 14 heavy (non-hydrogen) atoms. The molecule has 3 nitrogen and oxygen atoms in total. The van der Waals surface area contributed by atoms with Gasteiger partial charge >= 0.3 is 0 Å². The van der Waals surface area contributed by atoms with Crippen LogP contribution in [-0.4, -0.2) is 25.2 Å². The molecule has 1 heterocycles. The van der Waals surface area contributed by atoms with Crippen molar-refractivity contribution >= 4 is 15.9 Å². The number of pyridine rings is 1. The van der Waals surface area contributed by atoms with Gasteiger partial charge in [0, 0.05) is 23.5 Å². The first kappa shape index (κ1) is 11.6. The molecule has 1 aromatic rings. The molecule has 0 saturated heterocycles. The number of halogens is 1. The van der Waals surface area contributed by atoms with Gasteiger partial charge < -0.3 is 10.1 Å². The molecule has 0 aromatic carbocycles. The van der Waals surface area contributed by atoms with E-state index < -0.39 is 0 Å². The zero-order valence-electron chi connectivity index (χ0n) is 8.46. The van der Waals surface area contributed by atoms with Crippen molar-refractivity contribution in [1.82, 2.24) is 10.3 Å². The zero-order chi connectivity index (χ0) is 10.4. The Morgan fingerprint density at radius 2 is 2.36 bits per heavy atom. The second kappa shape index (κ2) is 6.11. The van der Waals surface area contributed by atoms with Crippen LogP contribution in [-0.2, 0) is 4.74 Å². The summed E-state index contributed by atoms with van der Waals surface area (Å²) in [6.07, 6.45) is 3.63. The van der Waals surface area contributed by atoms with Crippen LogP contribution in [0.2, 0.25) is 0 Å². The molecular formula is C10H15BrN2O. The van der Waals surface area contributed by atoms with Gasteiger partial charge in [-0.05, 0) is 41.5 Å². The maximum Gasteiger partial charge on any atom is 0.0661 e. The van der Waals surface area contributed by atoms with Crippen molar-refractivity contribution in [2.75, 3.05) is 20.3 Å². The van der Waals surface area contributed by atoms with Crippen LogP contribution in [0.15, 0.2) is 22.9 Å². The Morgan fingerprint density at radius 1 is 1.57 bits per heavy atom. The lowest BCUT2D eigenvalue weighted by Gasteiger charge is -2.15. The third kappa shape index (κ3) is 3.36. The molecular weight excluding hydrogens is 244 g/mol. The van der Waals surface area contributed by atoms with E-state index in [9.17, 15) is 0 Å². The molecule has 1 aromatic heterocycles. The lowest BCUT2D eigenvalue weighted by atomic mass is 10.1. The molecule has 0 radical (unpaired) electrons. The van der Waals surface area contributed by atoms with Crippen molar-refractivity contribution in [2.45, 2.75) is 13.0 Å². The minimum atomic E-state index is 0.208. The van der Waals surface area contributed by atoms with E-state index in [4.69, 9.17) is 4.74 Å². The summed E-state index contributed by atoms with van der Waals surface area (Å²) in [5.41, 5.74) is 1.13. The third-order valence-electron chi connectivity index (χ3n) is 1.97. The van der Waals surface area contributed by atoms with Crippen LogP contribution in [0.3, 0.4) is 0 Å². The summed E-state index contributed by atoms with van der Waals surface area (Å²) >= 11 is 3.40. The van der Waals surface area contributed by atoms with E-state index in [1.54, 1.807) is 6.20 Å². The standard InChI is InChI=1S/C10H15BrN2O/c1-3-14-7-10(12-2)8-4-9(11)6-13-5-8/h4-6,10,12H,3,7H2,1-2H3. The minimum absolute atomic E-state index is 0.208. The second-order valence-corrected chi connectivity index (χ2v) is 3.85. The average molecular weight is 259 g/mol. The molecule has 0 fully saturated rings. The number of ether oxygens (including phenoxy) is 1. The molecule has 0 aliphatic heterocycles. The number of hydrogen-bond donors (Lipinski definition) is 1. The summed E-state index contributed by atoms with van der Waals surface area (Å²) in [6.45, 7) is 3.40. The van der Waals surface area contributed by atoms with Crippen LogP contribution in [0.1, 0.15) is 18.5 Å². The fraction of sp³-hybridized carbons (Fsp3) is 0.500. The first-order chi connectivity index (χ1) is 6.77. The van der Waals surface area contributed by atoms with E-state index in [-0.39, 0.29) is 6.04 Å². The minimum Gasteiger partial charge on any atom is -0.380 e. The average Bonchev–Trinajstić information content (AvgIpc) is 2.19. The highest BCUT2D eigenvalue weighted by Crippen LogP contribution is 2.16. The first-order valence-corrected chi connectivity index (χ1v) is 5.42. The Labute approximate surface area is 93.0 Å². The molecule has 1 atom stereocenters. The SMILES string of the molecule is CCOCC(NC)c1cncc(Br)c1. The zero-order valence-corrected chi connectivity index (χ0v) is 10.0. The number of hydrogen-bond acceptors (Lipinski definition) is 3. The Morgan fingerprint density at radius 3 is 2.93 bits per heavy atom. The van der Waals surface area contributed by atoms with E-state index in [1.165, 1.54) is 0 Å². The predicted octanol–water partition coefficient (Wildman–Crippen LogP) is 2.14. The Bertz CT molecular complexity index is 281. The molecule has 1 rings (SSSR count). The van der Waals surface area contributed by atoms with Gasteiger partial charge in [-0.25, -0.2) is 0 Å². The lowest BCUT2D eigenvalue weighted by Crippen LogP contribution is -2.21.